The molecular weight excluding hydrogens is 481 g/mol. The lowest BCUT2D eigenvalue weighted by Crippen LogP contribution is -2.52. The summed E-state index contributed by atoms with van der Waals surface area (Å²) in [5, 5.41) is 0. The number of pyridine rings is 1. The molecule has 0 saturated carbocycles. The van der Waals surface area contributed by atoms with E-state index in [2.05, 4.69) is 32.0 Å². The number of hydrogen-bond donors (Lipinski definition) is 0. The van der Waals surface area contributed by atoms with Crippen LogP contribution in [0, 0.1) is 13.8 Å². The van der Waals surface area contributed by atoms with E-state index >= 15 is 0 Å². The Morgan fingerprint density at radius 1 is 1.11 bits per heavy atom. The largest absolute Gasteiger partial charge is 0.439 e. The molecule has 3 heterocycles. The van der Waals surface area contributed by atoms with E-state index in [9.17, 15) is 18.0 Å². The minimum absolute atomic E-state index is 0.281. The van der Waals surface area contributed by atoms with Gasteiger partial charge in [0.05, 0.1) is 45.3 Å². The van der Waals surface area contributed by atoms with Crippen molar-refractivity contribution in [3.05, 3.63) is 58.3 Å². The van der Waals surface area contributed by atoms with E-state index in [1.807, 2.05) is 20.0 Å². The third kappa shape index (κ3) is 5.87. The van der Waals surface area contributed by atoms with Gasteiger partial charge in [-0.3, -0.25) is 4.90 Å². The number of anilines is 1. The molecule has 1 aromatic carbocycles. The molecule has 0 unspecified atom stereocenters. The molecule has 1 aromatic heterocycles. The van der Waals surface area contributed by atoms with E-state index in [4.69, 9.17) is 9.72 Å². The number of hydrogen-bond acceptors (Lipinski definition) is 4. The number of nitrogens with zero attached hydrogens (tertiary/aromatic N) is 4. The molecule has 1 amide bonds. The van der Waals surface area contributed by atoms with Crippen LogP contribution < -0.4 is 4.90 Å². The zero-order valence-electron chi connectivity index (χ0n) is 22.6. The van der Waals surface area contributed by atoms with Gasteiger partial charge in [0.2, 0.25) is 0 Å². The van der Waals surface area contributed by atoms with Gasteiger partial charge in [-0.25, -0.2) is 9.78 Å². The van der Waals surface area contributed by atoms with Gasteiger partial charge in [-0.05, 0) is 57.0 Å². The van der Waals surface area contributed by atoms with E-state index in [0.29, 0.717) is 17.2 Å². The average molecular weight is 520 g/mol. The predicted molar refractivity (Wildman–Crippen MR) is 137 cm³/mol. The average Bonchev–Trinajstić information content (AvgIpc) is 3.09. The Kier molecular flexibility index (Phi) is 7.48. The fourth-order valence-corrected chi connectivity index (χ4v) is 5.63. The van der Waals surface area contributed by atoms with Gasteiger partial charge in [0.25, 0.3) is 0 Å². The number of cyclic esters (lactones) is 1. The van der Waals surface area contributed by atoms with Crippen LogP contribution in [0.1, 0.15) is 60.6 Å². The number of halogens is 3. The zero-order chi connectivity index (χ0) is 27.1. The number of rotatable bonds is 6. The highest BCUT2D eigenvalue weighted by molar-refractivity contribution is 5.71. The Hall–Kier alpha value is -2.81. The molecule has 0 radical (unpaired) electrons. The van der Waals surface area contributed by atoms with Crippen molar-refractivity contribution >= 4 is 11.9 Å². The molecular formula is C28H38F3N4O2+. The maximum absolute atomic E-state index is 13.4. The van der Waals surface area contributed by atoms with Gasteiger partial charge in [0, 0.05) is 37.2 Å². The number of likely N-dealkylation sites (tertiary alicyclic amines) is 1. The van der Waals surface area contributed by atoms with Crippen molar-refractivity contribution in [3.63, 3.8) is 0 Å². The lowest BCUT2D eigenvalue weighted by atomic mass is 9.98. The van der Waals surface area contributed by atoms with Gasteiger partial charge in [0.15, 0.2) is 0 Å². The van der Waals surface area contributed by atoms with Crippen LogP contribution in [-0.2, 0) is 17.5 Å². The molecule has 9 heteroatoms. The Morgan fingerprint density at radius 2 is 1.78 bits per heavy atom. The molecule has 0 aliphatic carbocycles. The summed E-state index contributed by atoms with van der Waals surface area (Å²) in [6.45, 7) is 10.8. The van der Waals surface area contributed by atoms with Crippen LogP contribution in [0.2, 0.25) is 0 Å². The van der Waals surface area contributed by atoms with E-state index in [1.165, 1.54) is 0 Å². The van der Waals surface area contributed by atoms with Crippen LogP contribution in [0.4, 0.5) is 23.8 Å². The second kappa shape index (κ2) is 10.2. The van der Waals surface area contributed by atoms with Crippen LogP contribution >= 0.6 is 0 Å². The van der Waals surface area contributed by atoms with Crippen LogP contribution in [0.5, 0.6) is 0 Å². The van der Waals surface area contributed by atoms with Gasteiger partial charge >= 0.3 is 12.3 Å². The van der Waals surface area contributed by atoms with Crippen molar-refractivity contribution in [3.8, 4) is 0 Å². The number of aryl methyl sites for hydroxylation is 2. The normalized spacial score (nSPS) is 22.3. The minimum atomic E-state index is -4.47. The smallest absolute Gasteiger partial charge is 0.416 e. The van der Waals surface area contributed by atoms with Gasteiger partial charge in [-0.15, -0.1) is 0 Å². The molecule has 2 fully saturated rings. The maximum Gasteiger partial charge on any atom is 0.416 e. The van der Waals surface area contributed by atoms with Crippen molar-refractivity contribution in [2.24, 2.45) is 0 Å². The monoisotopic (exact) mass is 519 g/mol. The molecule has 0 bridgehead atoms. The highest BCUT2D eigenvalue weighted by Gasteiger charge is 2.42. The predicted octanol–water partition coefficient (Wildman–Crippen LogP) is 5.86. The minimum Gasteiger partial charge on any atom is -0.439 e. The molecule has 4 rings (SSSR count). The van der Waals surface area contributed by atoms with Crippen molar-refractivity contribution in [1.29, 1.82) is 0 Å². The summed E-state index contributed by atoms with van der Waals surface area (Å²) >= 11 is 0. The molecule has 2 aliphatic heterocycles. The van der Waals surface area contributed by atoms with Crippen molar-refractivity contribution < 1.29 is 27.2 Å². The number of piperidine rings is 1. The Bertz CT molecular complexity index is 1140. The molecule has 2 saturated heterocycles. The Balaban J connectivity index is 1.60. The summed E-state index contributed by atoms with van der Waals surface area (Å²) in [5.41, 5.74) is 2.01. The topological polar surface area (TPSA) is 45.7 Å². The van der Waals surface area contributed by atoms with E-state index in [0.717, 1.165) is 66.0 Å². The van der Waals surface area contributed by atoms with Gasteiger partial charge < -0.3 is 14.1 Å². The quantitative estimate of drug-likeness (QED) is 0.448. The zero-order valence-corrected chi connectivity index (χ0v) is 22.6. The number of aromatic nitrogens is 1. The second-order valence-electron chi connectivity index (χ2n) is 11.2. The molecule has 0 spiro atoms. The number of quaternary nitrogens is 1. The molecule has 2 aromatic rings. The summed E-state index contributed by atoms with van der Waals surface area (Å²) in [6, 6.07) is 5.84. The molecule has 37 heavy (non-hydrogen) atoms. The van der Waals surface area contributed by atoms with Crippen LogP contribution in [-0.4, -0.2) is 66.3 Å². The molecule has 202 valence electrons. The van der Waals surface area contributed by atoms with E-state index in [-0.39, 0.29) is 6.54 Å². The SMILES string of the molecule is CCN(c1ncc(C)cc1CN1C(=O)O[C@H](c2cc(C)cc(C(F)(F)F)c2)[C@@H]1C)C1CC[N+](C)(C)CC1. The van der Waals surface area contributed by atoms with E-state index < -0.39 is 30.0 Å². The van der Waals surface area contributed by atoms with Crippen LogP contribution in [0.25, 0.3) is 0 Å². The highest BCUT2D eigenvalue weighted by atomic mass is 19.4. The first-order valence-corrected chi connectivity index (χ1v) is 13.0. The van der Waals surface area contributed by atoms with Crippen LogP contribution in [0.3, 0.4) is 0 Å². The second-order valence-corrected chi connectivity index (χ2v) is 11.2. The van der Waals surface area contributed by atoms with Gasteiger partial charge in [-0.2, -0.15) is 13.2 Å². The summed E-state index contributed by atoms with van der Waals surface area (Å²) in [7, 11) is 4.51. The molecule has 2 aliphatic rings. The Morgan fingerprint density at radius 3 is 2.41 bits per heavy atom. The number of amides is 1. The fourth-order valence-electron chi connectivity index (χ4n) is 5.63. The lowest BCUT2D eigenvalue weighted by molar-refractivity contribution is -0.895. The number of alkyl halides is 3. The maximum atomic E-state index is 13.4. The third-order valence-corrected chi connectivity index (χ3v) is 7.76. The van der Waals surface area contributed by atoms with Crippen LogP contribution in [0.15, 0.2) is 30.5 Å². The first kappa shape index (κ1) is 27.2. The standard InChI is InChI=1S/C28H38F3N4O2/c1-7-33(24-8-10-35(5,6)11-9-24)26-22(13-19(3)16-32-26)17-34-20(4)25(37-27(34)36)21-12-18(2)14-23(15-21)28(29,30)31/h12-16,20,24-25H,7-11,17H2,1-6H3/q+1/t20-,25-/m0/s1. The highest BCUT2D eigenvalue weighted by Crippen LogP contribution is 2.38. The lowest BCUT2D eigenvalue weighted by Gasteiger charge is -2.42. The number of carbonyl (C=O) groups excluding carboxylic acids is 1. The van der Waals surface area contributed by atoms with E-state index in [1.54, 1.807) is 17.9 Å². The van der Waals surface area contributed by atoms with Crippen molar-refractivity contribution in [1.82, 2.24) is 9.88 Å². The third-order valence-electron chi connectivity index (χ3n) is 7.76. The summed E-state index contributed by atoms with van der Waals surface area (Å²) in [6.07, 6.45) is -1.80. The molecule has 2 atom stereocenters. The summed E-state index contributed by atoms with van der Waals surface area (Å²) in [4.78, 5) is 21.7. The molecule has 6 nitrogen and oxygen atoms in total. The summed E-state index contributed by atoms with van der Waals surface area (Å²) in [5.74, 6) is 0.865. The number of ether oxygens (including phenoxy) is 1. The van der Waals surface area contributed by atoms with Crippen molar-refractivity contribution in [2.45, 2.75) is 71.4 Å². The number of benzene rings is 1. The number of carbonyl (C=O) groups is 1. The first-order chi connectivity index (χ1) is 17.3. The first-order valence-electron chi connectivity index (χ1n) is 13.0. The summed E-state index contributed by atoms with van der Waals surface area (Å²) < 4.78 is 46.9. The Labute approximate surface area is 217 Å². The fraction of sp³-hybridized carbons (Fsp3) is 0.571. The van der Waals surface area contributed by atoms with Crippen molar-refractivity contribution in [2.75, 3.05) is 38.6 Å². The molecule has 0 N–H and O–H groups in total. The van der Waals surface area contributed by atoms with Gasteiger partial charge in [0.1, 0.15) is 11.9 Å². The van der Waals surface area contributed by atoms with Gasteiger partial charge in [-0.1, -0.05) is 11.6 Å².